The lowest BCUT2D eigenvalue weighted by atomic mass is 9.58. The fourth-order valence-electron chi connectivity index (χ4n) is 2.80. The summed E-state index contributed by atoms with van der Waals surface area (Å²) in [4.78, 5) is 10.9. The highest BCUT2D eigenvalue weighted by molar-refractivity contribution is 5.65. The third kappa shape index (κ3) is 2.36. The maximum Gasteiger partial charge on any atom is 0.302 e. The number of carbonyl (C=O) groups is 1. The molecule has 1 aromatic carbocycles. The minimum absolute atomic E-state index is 0.181. The van der Waals surface area contributed by atoms with Gasteiger partial charge in [0, 0.05) is 12.3 Å². The molecule has 1 aliphatic rings. The molecule has 1 aromatic rings. The van der Waals surface area contributed by atoms with Crippen LogP contribution in [-0.4, -0.2) is 12.6 Å². The molecule has 0 amide bonds. The maximum absolute atomic E-state index is 10.9. The van der Waals surface area contributed by atoms with Crippen LogP contribution in [0.2, 0.25) is 0 Å². The minimum atomic E-state index is -0.181. The van der Waals surface area contributed by atoms with E-state index in [1.165, 1.54) is 31.7 Å². The Labute approximate surface area is 103 Å². The zero-order chi connectivity index (χ0) is 12.3. The quantitative estimate of drug-likeness (QED) is 0.744. The number of benzene rings is 1. The van der Waals surface area contributed by atoms with Crippen molar-refractivity contribution in [3.05, 3.63) is 35.9 Å². The minimum Gasteiger partial charge on any atom is -0.466 e. The molecule has 0 spiro atoms. The Kier molecular flexibility index (Phi) is 3.51. The summed E-state index contributed by atoms with van der Waals surface area (Å²) in [5.74, 6) is 0.210. The van der Waals surface area contributed by atoms with Crippen LogP contribution in [0.4, 0.5) is 0 Å². The van der Waals surface area contributed by atoms with Crippen LogP contribution < -0.4 is 0 Å². The van der Waals surface area contributed by atoms with Gasteiger partial charge in [0.05, 0.1) is 6.61 Å². The fraction of sp³-hybridized carbons (Fsp3) is 0.533. The third-order valence-corrected chi connectivity index (χ3v) is 4.07. The van der Waals surface area contributed by atoms with E-state index in [1.807, 2.05) is 6.07 Å². The molecule has 0 aromatic heterocycles. The number of esters is 1. The average Bonchev–Trinajstić information content (AvgIpc) is 2.26. The number of ether oxygens (including phenoxy) is 1. The monoisotopic (exact) mass is 232 g/mol. The molecule has 1 fully saturated rings. The Hall–Kier alpha value is -1.31. The van der Waals surface area contributed by atoms with Crippen molar-refractivity contribution in [1.29, 1.82) is 0 Å². The first-order chi connectivity index (χ1) is 8.15. The van der Waals surface area contributed by atoms with E-state index in [9.17, 15) is 4.79 Å². The first-order valence-corrected chi connectivity index (χ1v) is 6.34. The summed E-state index contributed by atoms with van der Waals surface area (Å²) in [5, 5.41) is 0. The molecule has 0 saturated heterocycles. The molecule has 0 bridgehead atoms. The first kappa shape index (κ1) is 12.2. The summed E-state index contributed by atoms with van der Waals surface area (Å²) < 4.78 is 5.17. The molecule has 2 rings (SSSR count). The highest BCUT2D eigenvalue weighted by atomic mass is 16.5. The van der Waals surface area contributed by atoms with Crippen LogP contribution in [0.3, 0.4) is 0 Å². The van der Waals surface area contributed by atoms with Crippen LogP contribution in [0.5, 0.6) is 0 Å². The highest BCUT2D eigenvalue weighted by Gasteiger charge is 2.43. The zero-order valence-electron chi connectivity index (χ0n) is 10.6. The molecule has 2 heteroatoms. The maximum atomic E-state index is 10.9. The van der Waals surface area contributed by atoms with Gasteiger partial charge < -0.3 is 4.74 Å². The first-order valence-electron chi connectivity index (χ1n) is 6.34. The van der Waals surface area contributed by atoms with Crippen molar-refractivity contribution in [3.8, 4) is 0 Å². The van der Waals surface area contributed by atoms with E-state index in [1.54, 1.807) is 0 Å². The molecule has 0 aliphatic heterocycles. The van der Waals surface area contributed by atoms with E-state index in [0.29, 0.717) is 12.5 Å². The van der Waals surface area contributed by atoms with Crippen LogP contribution >= 0.6 is 0 Å². The summed E-state index contributed by atoms with van der Waals surface area (Å²) in [6.45, 7) is 4.20. The van der Waals surface area contributed by atoms with Crippen molar-refractivity contribution < 1.29 is 9.53 Å². The van der Waals surface area contributed by atoms with Gasteiger partial charge in [-0.2, -0.15) is 0 Å². The molecule has 0 radical (unpaired) electrons. The Balaban J connectivity index is 2.12. The SMILES string of the molecule is CC(=O)OCC(C)C1(c2ccccc2)CCC1. The summed E-state index contributed by atoms with van der Waals surface area (Å²) >= 11 is 0. The second-order valence-corrected chi connectivity index (χ2v) is 5.08. The van der Waals surface area contributed by atoms with Crippen molar-refractivity contribution in [2.45, 2.75) is 38.5 Å². The van der Waals surface area contributed by atoms with Crippen molar-refractivity contribution in [3.63, 3.8) is 0 Å². The number of hydrogen-bond acceptors (Lipinski definition) is 2. The smallest absolute Gasteiger partial charge is 0.302 e. The largest absolute Gasteiger partial charge is 0.466 e. The molecular weight excluding hydrogens is 212 g/mol. The lowest BCUT2D eigenvalue weighted by molar-refractivity contribution is -0.143. The van der Waals surface area contributed by atoms with E-state index in [0.717, 1.165) is 0 Å². The third-order valence-electron chi connectivity index (χ3n) is 4.07. The Bertz CT molecular complexity index is 379. The van der Waals surface area contributed by atoms with Crippen LogP contribution in [0.25, 0.3) is 0 Å². The molecule has 92 valence electrons. The second kappa shape index (κ2) is 4.91. The van der Waals surface area contributed by atoms with Crippen molar-refractivity contribution in [2.75, 3.05) is 6.61 Å². The van der Waals surface area contributed by atoms with E-state index >= 15 is 0 Å². The van der Waals surface area contributed by atoms with Gasteiger partial charge in [0.15, 0.2) is 0 Å². The van der Waals surface area contributed by atoms with E-state index in [-0.39, 0.29) is 11.4 Å². The van der Waals surface area contributed by atoms with Crippen molar-refractivity contribution in [2.24, 2.45) is 5.92 Å². The van der Waals surface area contributed by atoms with Crippen LogP contribution in [0.1, 0.15) is 38.7 Å². The Morgan fingerprint density at radius 2 is 2.00 bits per heavy atom. The van der Waals surface area contributed by atoms with Crippen LogP contribution in [-0.2, 0) is 14.9 Å². The topological polar surface area (TPSA) is 26.3 Å². The van der Waals surface area contributed by atoms with Gasteiger partial charge >= 0.3 is 5.97 Å². The predicted molar refractivity (Wildman–Crippen MR) is 67.8 cm³/mol. The molecule has 17 heavy (non-hydrogen) atoms. The van der Waals surface area contributed by atoms with Gasteiger partial charge in [0.2, 0.25) is 0 Å². The predicted octanol–water partition coefficient (Wildman–Crippen LogP) is 3.31. The van der Waals surface area contributed by atoms with Crippen LogP contribution in [0, 0.1) is 5.92 Å². The van der Waals surface area contributed by atoms with Gasteiger partial charge in [0.25, 0.3) is 0 Å². The molecule has 1 saturated carbocycles. The molecular formula is C15H20O2. The molecule has 1 unspecified atom stereocenters. The Morgan fingerprint density at radius 1 is 1.35 bits per heavy atom. The molecule has 0 N–H and O–H groups in total. The summed E-state index contributed by atoms with van der Waals surface area (Å²) in [6, 6.07) is 10.6. The van der Waals surface area contributed by atoms with Gasteiger partial charge in [-0.25, -0.2) is 0 Å². The molecule has 2 nitrogen and oxygen atoms in total. The molecule has 1 atom stereocenters. The zero-order valence-corrected chi connectivity index (χ0v) is 10.6. The normalized spacial score (nSPS) is 19.2. The van der Waals surface area contributed by atoms with Gasteiger partial charge in [-0.1, -0.05) is 43.7 Å². The van der Waals surface area contributed by atoms with Gasteiger partial charge in [-0.3, -0.25) is 4.79 Å². The number of carbonyl (C=O) groups excluding carboxylic acids is 1. The van der Waals surface area contributed by atoms with Crippen molar-refractivity contribution >= 4 is 5.97 Å². The Morgan fingerprint density at radius 3 is 2.47 bits per heavy atom. The van der Waals surface area contributed by atoms with E-state index in [4.69, 9.17) is 4.74 Å². The van der Waals surface area contributed by atoms with Gasteiger partial charge in [-0.05, 0) is 24.3 Å². The lowest BCUT2D eigenvalue weighted by Gasteiger charge is -2.47. The fourth-order valence-corrected chi connectivity index (χ4v) is 2.80. The van der Waals surface area contributed by atoms with E-state index in [2.05, 4.69) is 31.2 Å². The van der Waals surface area contributed by atoms with Crippen molar-refractivity contribution in [1.82, 2.24) is 0 Å². The second-order valence-electron chi connectivity index (χ2n) is 5.08. The van der Waals surface area contributed by atoms with Crippen LogP contribution in [0.15, 0.2) is 30.3 Å². The van der Waals surface area contributed by atoms with Gasteiger partial charge in [-0.15, -0.1) is 0 Å². The highest BCUT2D eigenvalue weighted by Crippen LogP contribution is 2.49. The lowest BCUT2D eigenvalue weighted by Crippen LogP contribution is -2.42. The molecule has 0 heterocycles. The molecule has 1 aliphatic carbocycles. The average molecular weight is 232 g/mol. The standard InChI is InChI=1S/C15H20O2/c1-12(11-17-13(2)16)15(9-6-10-15)14-7-4-3-5-8-14/h3-5,7-8,12H,6,9-11H2,1-2H3. The summed E-state index contributed by atoms with van der Waals surface area (Å²) in [5.41, 5.74) is 1.63. The summed E-state index contributed by atoms with van der Waals surface area (Å²) in [6.07, 6.45) is 3.69. The van der Waals surface area contributed by atoms with Gasteiger partial charge in [0.1, 0.15) is 0 Å². The van der Waals surface area contributed by atoms with E-state index < -0.39 is 0 Å². The number of hydrogen-bond donors (Lipinski definition) is 0. The number of rotatable bonds is 4. The summed E-state index contributed by atoms with van der Waals surface area (Å²) in [7, 11) is 0.